The smallest absolute Gasteiger partial charge is 0.198 e. The molecule has 1 aliphatic heterocycles. The van der Waals surface area contributed by atoms with Crippen molar-refractivity contribution in [2.45, 2.75) is 12.8 Å². The Morgan fingerprint density at radius 3 is 1.55 bits per heavy atom. The molecule has 0 atom stereocenters. The molecule has 0 bridgehead atoms. The molecule has 11 heavy (non-hydrogen) atoms. The van der Waals surface area contributed by atoms with Gasteiger partial charge in [0.1, 0.15) is 9.84 Å². The van der Waals surface area contributed by atoms with Gasteiger partial charge in [-0.1, -0.05) is 0 Å². The third-order valence-electron chi connectivity index (χ3n) is 1.16. The summed E-state index contributed by atoms with van der Waals surface area (Å²) in [6.45, 7) is 0. The first-order valence-corrected chi connectivity index (χ1v) is 7.51. The maximum atomic E-state index is 10.4. The van der Waals surface area contributed by atoms with Crippen molar-refractivity contribution in [3.63, 3.8) is 0 Å². The van der Waals surface area contributed by atoms with Crippen molar-refractivity contribution in [3.8, 4) is 0 Å². The second-order valence-corrected chi connectivity index (χ2v) is 6.87. The Balaban J connectivity index is 0.000000218. The van der Waals surface area contributed by atoms with Gasteiger partial charge in [0.2, 0.25) is 0 Å². The van der Waals surface area contributed by atoms with Gasteiger partial charge in [0, 0.05) is 0 Å². The van der Waals surface area contributed by atoms with Gasteiger partial charge in [-0.3, -0.25) is 0 Å². The van der Waals surface area contributed by atoms with Crippen LogP contribution in [0.15, 0.2) is 0 Å². The molecule has 1 saturated heterocycles. The molecule has 0 unspecified atom stereocenters. The molecule has 0 aromatic rings. The molecule has 0 radical (unpaired) electrons. The Morgan fingerprint density at radius 1 is 1.18 bits per heavy atom. The second kappa shape index (κ2) is 5.48. The summed E-state index contributed by atoms with van der Waals surface area (Å²) in [5, 5.41) is 0. The number of hydrogen-bond acceptors (Lipinski definition) is 3. The van der Waals surface area contributed by atoms with E-state index in [4.69, 9.17) is 4.55 Å². The van der Waals surface area contributed by atoms with E-state index >= 15 is 0 Å². The highest BCUT2D eigenvalue weighted by molar-refractivity contribution is 8.31. The summed E-state index contributed by atoms with van der Waals surface area (Å²) >= 11 is 0. The highest BCUT2D eigenvalue weighted by Crippen LogP contribution is 2.08. The van der Waals surface area contributed by atoms with E-state index in [2.05, 4.69) is 21.4 Å². The minimum Gasteiger partial charge on any atom is -0.582 e. The zero-order valence-electron chi connectivity index (χ0n) is 5.63. The first kappa shape index (κ1) is 11.8. The molecule has 0 N–H and O–H groups in total. The van der Waals surface area contributed by atoms with E-state index in [1.54, 1.807) is 0 Å². The number of rotatable bonds is 0. The van der Waals surface area contributed by atoms with Gasteiger partial charge in [0.25, 0.3) is 0 Å². The number of halogens is 2. The average molecular weight is 239 g/mol. The normalized spacial score (nSPS) is 21.1. The largest absolute Gasteiger partial charge is 0.582 e. The Kier molecular flexibility index (Phi) is 5.90. The number of hydrogen-bond donors (Lipinski definition) is 0. The van der Waals surface area contributed by atoms with E-state index in [-0.39, 0.29) is 0 Å². The van der Waals surface area contributed by atoms with Crippen LogP contribution in [0.1, 0.15) is 12.8 Å². The lowest BCUT2D eigenvalue weighted by molar-refractivity contribution is 0.602. The van der Waals surface area contributed by atoms with Crippen LogP contribution in [-0.4, -0.2) is 24.5 Å². The van der Waals surface area contributed by atoms with Crippen LogP contribution in [0.4, 0.5) is 0 Å². The summed E-state index contributed by atoms with van der Waals surface area (Å²) in [6.07, 6.45) is 1.75. The van der Waals surface area contributed by atoms with E-state index in [0.29, 0.717) is 11.5 Å². The van der Waals surface area contributed by atoms with Crippen molar-refractivity contribution in [3.05, 3.63) is 0 Å². The quantitative estimate of drug-likeness (QED) is 0.597. The molecule has 0 aromatic heterocycles. The molecule has 0 spiro atoms. The van der Waals surface area contributed by atoms with Crippen LogP contribution in [0.5, 0.6) is 0 Å². The molecule has 0 saturated carbocycles. The summed E-state index contributed by atoms with van der Waals surface area (Å²) in [6, 6.07) is 0. The third kappa shape index (κ3) is 8.75. The molecule has 1 aliphatic rings. The summed E-state index contributed by atoms with van der Waals surface area (Å²) in [7, 11) is 4.81. The molecule has 0 amide bonds. The Morgan fingerprint density at radius 2 is 1.45 bits per heavy atom. The molecule has 7 heteroatoms. The lowest BCUT2D eigenvalue weighted by atomic mass is 10.4. The predicted octanol–water partition coefficient (Wildman–Crippen LogP) is 1.24. The van der Waals surface area contributed by atoms with Gasteiger partial charge in [0.05, 0.1) is 11.5 Å². The SMILES string of the molecule is O=S1(=O)CCCC1.[O-][S+](Cl)Cl. The van der Waals surface area contributed by atoms with Gasteiger partial charge in [-0.25, -0.2) is 8.42 Å². The zero-order valence-corrected chi connectivity index (χ0v) is 8.77. The summed E-state index contributed by atoms with van der Waals surface area (Å²) < 4.78 is 29.9. The van der Waals surface area contributed by atoms with Crippen LogP contribution in [0.2, 0.25) is 0 Å². The fourth-order valence-corrected chi connectivity index (χ4v) is 2.24. The van der Waals surface area contributed by atoms with Crippen LogP contribution >= 0.6 is 21.4 Å². The highest BCUT2D eigenvalue weighted by atomic mass is 36.0. The lowest BCUT2D eigenvalue weighted by Crippen LogP contribution is -1.98. The Labute approximate surface area is 78.2 Å². The molecule has 0 aliphatic carbocycles. The molecule has 3 nitrogen and oxygen atoms in total. The van der Waals surface area contributed by atoms with Crippen molar-refractivity contribution >= 4 is 40.8 Å². The van der Waals surface area contributed by atoms with E-state index in [1.807, 2.05) is 0 Å². The minimum atomic E-state index is -2.55. The maximum absolute atomic E-state index is 10.4. The molecule has 1 fully saturated rings. The van der Waals surface area contributed by atoms with Crippen LogP contribution in [0.25, 0.3) is 0 Å². The first-order valence-electron chi connectivity index (χ1n) is 2.89. The predicted molar refractivity (Wildman–Crippen MR) is 47.7 cm³/mol. The standard InChI is InChI=1S/C4H8O2S.Cl2OS/c5-7(6)3-1-2-4-7;1-4(2)3/h1-4H2;. The van der Waals surface area contributed by atoms with Gasteiger partial charge in [-0.15, -0.1) is 0 Å². The summed E-state index contributed by atoms with van der Waals surface area (Å²) in [5.74, 6) is 0.847. The molecule has 0 aromatic carbocycles. The van der Waals surface area contributed by atoms with Gasteiger partial charge >= 0.3 is 0 Å². The van der Waals surface area contributed by atoms with Crippen LogP contribution in [-0.2, 0) is 19.4 Å². The van der Waals surface area contributed by atoms with Crippen molar-refractivity contribution in [2.75, 3.05) is 11.5 Å². The zero-order chi connectivity index (χ0) is 8.91. The van der Waals surface area contributed by atoms with Crippen LogP contribution < -0.4 is 0 Å². The number of sulfone groups is 1. The minimum absolute atomic E-state index is 0.424. The topological polar surface area (TPSA) is 57.2 Å². The lowest BCUT2D eigenvalue weighted by Gasteiger charge is -1.81. The van der Waals surface area contributed by atoms with Crippen LogP contribution in [0.3, 0.4) is 0 Å². The van der Waals surface area contributed by atoms with Crippen LogP contribution in [0, 0.1) is 0 Å². The van der Waals surface area contributed by atoms with E-state index < -0.39 is 19.4 Å². The van der Waals surface area contributed by atoms with Gasteiger partial charge < -0.3 is 4.55 Å². The van der Waals surface area contributed by atoms with Gasteiger partial charge in [-0.2, -0.15) is 0 Å². The molecule has 68 valence electrons. The fourth-order valence-electron chi connectivity index (χ4n) is 0.746. The second-order valence-electron chi connectivity index (χ2n) is 2.04. The molecule has 1 heterocycles. The van der Waals surface area contributed by atoms with Gasteiger partial charge in [-0.05, 0) is 12.8 Å². The first-order chi connectivity index (χ1) is 4.94. The Bertz CT molecular complexity index is 175. The van der Waals surface area contributed by atoms with Gasteiger partial charge in [0.15, 0.2) is 31.0 Å². The van der Waals surface area contributed by atoms with E-state index in [1.165, 1.54) is 0 Å². The summed E-state index contributed by atoms with van der Waals surface area (Å²) in [4.78, 5) is 0. The van der Waals surface area contributed by atoms with Crippen molar-refractivity contribution in [2.24, 2.45) is 0 Å². The monoisotopic (exact) mass is 238 g/mol. The Hall–Kier alpha value is 0.840. The van der Waals surface area contributed by atoms with E-state index in [0.717, 1.165) is 12.8 Å². The fraction of sp³-hybridized carbons (Fsp3) is 1.00. The average Bonchev–Trinajstić information content (AvgIpc) is 2.11. The molecular weight excluding hydrogens is 231 g/mol. The summed E-state index contributed by atoms with van der Waals surface area (Å²) in [5.41, 5.74) is 0. The highest BCUT2D eigenvalue weighted by Gasteiger charge is 2.16. The van der Waals surface area contributed by atoms with Crippen molar-refractivity contribution in [1.82, 2.24) is 0 Å². The third-order valence-corrected chi connectivity index (χ3v) is 2.98. The van der Waals surface area contributed by atoms with Crippen molar-refractivity contribution in [1.29, 1.82) is 0 Å². The van der Waals surface area contributed by atoms with E-state index in [9.17, 15) is 8.42 Å². The molecule has 1 rings (SSSR count). The maximum Gasteiger partial charge on any atom is 0.198 e. The molecular formula is C4H8Cl2O3S2. The van der Waals surface area contributed by atoms with Crippen molar-refractivity contribution < 1.29 is 13.0 Å².